The Morgan fingerprint density at radius 1 is 1.62 bits per heavy atom. The fourth-order valence-corrected chi connectivity index (χ4v) is 1.72. The Bertz CT molecular complexity index is 370. The Morgan fingerprint density at radius 2 is 2.38 bits per heavy atom. The van der Waals surface area contributed by atoms with Crippen LogP contribution in [0.2, 0.25) is 0 Å². The summed E-state index contributed by atoms with van der Waals surface area (Å²) >= 11 is 0. The summed E-state index contributed by atoms with van der Waals surface area (Å²) in [6.45, 7) is 2.41. The number of carbonyl (C=O) groups is 1. The number of hydrogen-bond acceptors (Lipinski definition) is 3. The Balaban J connectivity index is 1.98. The Kier molecular flexibility index (Phi) is 3.19. The summed E-state index contributed by atoms with van der Waals surface area (Å²) in [5.74, 6) is 0.502. The monoisotopic (exact) mass is 219 g/mol. The maximum absolute atomic E-state index is 11.9. The molecule has 0 bridgehead atoms. The third-order valence-corrected chi connectivity index (χ3v) is 2.94. The van der Waals surface area contributed by atoms with Crippen molar-refractivity contribution < 1.29 is 4.79 Å². The maximum atomic E-state index is 11.9. The molecule has 0 aromatic carbocycles. The van der Waals surface area contributed by atoms with Gasteiger partial charge in [0.15, 0.2) is 0 Å². The topological polar surface area (TPSA) is 68.0 Å². The zero-order valence-corrected chi connectivity index (χ0v) is 9.44. The predicted molar refractivity (Wildman–Crippen MR) is 62.0 cm³/mol. The van der Waals surface area contributed by atoms with Crippen LogP contribution in [0, 0.1) is 12.8 Å². The average Bonchev–Trinajstić information content (AvgIpc) is 3.10. The molecule has 86 valence electrons. The van der Waals surface area contributed by atoms with Crippen LogP contribution in [0.15, 0.2) is 18.3 Å². The van der Waals surface area contributed by atoms with Crippen LogP contribution in [-0.4, -0.2) is 23.5 Å². The summed E-state index contributed by atoms with van der Waals surface area (Å²) in [5, 5.41) is 2.96. The van der Waals surface area contributed by atoms with Gasteiger partial charge in [-0.25, -0.2) is 0 Å². The van der Waals surface area contributed by atoms with Gasteiger partial charge in [0.1, 0.15) is 0 Å². The number of nitrogens with zero attached hydrogens (tertiary/aromatic N) is 1. The molecule has 1 aliphatic rings. The summed E-state index contributed by atoms with van der Waals surface area (Å²) in [5.41, 5.74) is 7.15. The molecular formula is C12H17N3O. The quantitative estimate of drug-likeness (QED) is 0.789. The highest BCUT2D eigenvalue weighted by Gasteiger charge is 2.31. The summed E-state index contributed by atoms with van der Waals surface area (Å²) in [6, 6.07) is 3.75. The minimum Gasteiger partial charge on any atom is -0.348 e. The van der Waals surface area contributed by atoms with Crippen molar-refractivity contribution in [2.24, 2.45) is 11.7 Å². The van der Waals surface area contributed by atoms with Gasteiger partial charge in [0.2, 0.25) is 0 Å². The number of rotatable bonds is 4. The Hall–Kier alpha value is -1.42. The molecule has 0 saturated heterocycles. The van der Waals surface area contributed by atoms with E-state index in [1.807, 2.05) is 13.0 Å². The number of nitrogens with two attached hydrogens (primary N) is 1. The molecular weight excluding hydrogens is 202 g/mol. The molecule has 1 amide bonds. The van der Waals surface area contributed by atoms with E-state index < -0.39 is 0 Å². The van der Waals surface area contributed by atoms with Gasteiger partial charge in [-0.3, -0.25) is 9.78 Å². The lowest BCUT2D eigenvalue weighted by Crippen LogP contribution is -2.41. The van der Waals surface area contributed by atoms with Gasteiger partial charge < -0.3 is 11.1 Å². The summed E-state index contributed by atoms with van der Waals surface area (Å²) in [6.07, 6.45) is 3.95. The highest BCUT2D eigenvalue weighted by Crippen LogP contribution is 2.32. The van der Waals surface area contributed by atoms with Crippen molar-refractivity contribution in [2.45, 2.75) is 25.8 Å². The number of nitrogens with one attached hydrogen (secondary N) is 1. The summed E-state index contributed by atoms with van der Waals surface area (Å²) in [4.78, 5) is 16.0. The second-order valence-corrected chi connectivity index (χ2v) is 4.34. The second-order valence-electron chi connectivity index (χ2n) is 4.34. The molecule has 4 nitrogen and oxygen atoms in total. The summed E-state index contributed by atoms with van der Waals surface area (Å²) in [7, 11) is 0. The van der Waals surface area contributed by atoms with Gasteiger partial charge in [0, 0.05) is 24.5 Å². The molecule has 1 aromatic heterocycles. The standard InChI is InChI=1S/C12H17N3O/c1-8-2-3-10(7-14-8)12(16)15-11(6-13)9-4-5-9/h2-3,7,9,11H,4-6,13H2,1H3,(H,15,16). The van der Waals surface area contributed by atoms with Crippen LogP contribution in [0.5, 0.6) is 0 Å². The molecule has 4 heteroatoms. The van der Waals surface area contributed by atoms with Crippen molar-refractivity contribution in [2.75, 3.05) is 6.54 Å². The SMILES string of the molecule is Cc1ccc(C(=O)NC(CN)C2CC2)cn1. The molecule has 3 N–H and O–H groups in total. The molecule has 0 aliphatic heterocycles. The number of carbonyl (C=O) groups excluding carboxylic acids is 1. The van der Waals surface area contributed by atoms with Gasteiger partial charge in [-0.1, -0.05) is 0 Å². The molecule has 1 unspecified atom stereocenters. The first-order valence-corrected chi connectivity index (χ1v) is 5.64. The first kappa shape index (κ1) is 11.1. The van der Waals surface area contributed by atoms with E-state index in [2.05, 4.69) is 10.3 Å². The predicted octanol–water partition coefficient (Wildman–Crippen LogP) is 0.857. The minimum absolute atomic E-state index is 0.0742. The van der Waals surface area contributed by atoms with Crippen molar-refractivity contribution in [3.05, 3.63) is 29.6 Å². The van der Waals surface area contributed by atoms with Gasteiger partial charge in [-0.15, -0.1) is 0 Å². The molecule has 1 aliphatic carbocycles. The number of hydrogen-bond donors (Lipinski definition) is 2. The molecule has 0 spiro atoms. The van der Waals surface area contributed by atoms with E-state index >= 15 is 0 Å². The van der Waals surface area contributed by atoms with Crippen LogP contribution in [0.25, 0.3) is 0 Å². The number of amides is 1. The van der Waals surface area contributed by atoms with E-state index in [1.165, 1.54) is 12.8 Å². The van der Waals surface area contributed by atoms with E-state index in [-0.39, 0.29) is 11.9 Å². The van der Waals surface area contributed by atoms with Gasteiger partial charge in [-0.2, -0.15) is 0 Å². The van der Waals surface area contributed by atoms with Gasteiger partial charge in [0.25, 0.3) is 5.91 Å². The van der Waals surface area contributed by atoms with Crippen LogP contribution in [0.1, 0.15) is 28.9 Å². The molecule has 1 heterocycles. The van der Waals surface area contributed by atoms with Crippen LogP contribution in [0.3, 0.4) is 0 Å². The normalized spacial score (nSPS) is 16.9. The van der Waals surface area contributed by atoms with Gasteiger partial charge >= 0.3 is 0 Å². The zero-order valence-electron chi connectivity index (χ0n) is 9.44. The van der Waals surface area contributed by atoms with E-state index in [9.17, 15) is 4.79 Å². The molecule has 1 fully saturated rings. The molecule has 16 heavy (non-hydrogen) atoms. The van der Waals surface area contributed by atoms with Gasteiger partial charge in [0.05, 0.1) is 5.56 Å². The lowest BCUT2D eigenvalue weighted by atomic mass is 10.1. The zero-order chi connectivity index (χ0) is 11.5. The van der Waals surface area contributed by atoms with Crippen molar-refractivity contribution >= 4 is 5.91 Å². The molecule has 1 atom stereocenters. The highest BCUT2D eigenvalue weighted by molar-refractivity contribution is 5.94. The number of aryl methyl sites for hydroxylation is 1. The van der Waals surface area contributed by atoms with E-state index in [4.69, 9.17) is 5.73 Å². The Morgan fingerprint density at radius 3 is 2.88 bits per heavy atom. The molecule has 1 saturated carbocycles. The highest BCUT2D eigenvalue weighted by atomic mass is 16.1. The fraction of sp³-hybridized carbons (Fsp3) is 0.500. The number of aromatic nitrogens is 1. The van der Waals surface area contributed by atoms with Crippen LogP contribution in [0.4, 0.5) is 0 Å². The van der Waals surface area contributed by atoms with Crippen molar-refractivity contribution in [1.29, 1.82) is 0 Å². The smallest absolute Gasteiger partial charge is 0.253 e. The first-order valence-electron chi connectivity index (χ1n) is 5.64. The Labute approximate surface area is 95.3 Å². The van der Waals surface area contributed by atoms with E-state index in [0.717, 1.165) is 5.69 Å². The van der Waals surface area contributed by atoms with Gasteiger partial charge in [-0.05, 0) is 37.8 Å². The molecule has 1 aromatic rings. The molecule has 0 radical (unpaired) electrons. The maximum Gasteiger partial charge on any atom is 0.253 e. The van der Waals surface area contributed by atoms with Crippen LogP contribution in [-0.2, 0) is 0 Å². The fourth-order valence-electron chi connectivity index (χ4n) is 1.72. The third-order valence-electron chi connectivity index (χ3n) is 2.94. The minimum atomic E-state index is -0.0742. The largest absolute Gasteiger partial charge is 0.348 e. The van der Waals surface area contributed by atoms with Crippen molar-refractivity contribution in [3.63, 3.8) is 0 Å². The second kappa shape index (κ2) is 4.61. The van der Waals surface area contributed by atoms with E-state index in [1.54, 1.807) is 12.3 Å². The lowest BCUT2D eigenvalue weighted by Gasteiger charge is -2.15. The van der Waals surface area contributed by atoms with Crippen LogP contribution < -0.4 is 11.1 Å². The first-order chi connectivity index (χ1) is 7.70. The summed E-state index contributed by atoms with van der Waals surface area (Å²) < 4.78 is 0. The van der Waals surface area contributed by atoms with Crippen molar-refractivity contribution in [3.8, 4) is 0 Å². The van der Waals surface area contributed by atoms with E-state index in [0.29, 0.717) is 18.0 Å². The number of pyridine rings is 1. The third kappa shape index (κ3) is 2.58. The molecule has 2 rings (SSSR count). The lowest BCUT2D eigenvalue weighted by molar-refractivity contribution is 0.0933. The van der Waals surface area contributed by atoms with Crippen LogP contribution >= 0.6 is 0 Å². The average molecular weight is 219 g/mol. The van der Waals surface area contributed by atoms with Crippen molar-refractivity contribution in [1.82, 2.24) is 10.3 Å².